The van der Waals surface area contributed by atoms with Crippen LogP contribution in [-0.2, 0) is 0 Å². The quantitative estimate of drug-likeness (QED) is 0.441. The van der Waals surface area contributed by atoms with Crippen molar-refractivity contribution in [3.8, 4) is 11.3 Å². The van der Waals surface area contributed by atoms with E-state index >= 15 is 0 Å². The molecule has 0 spiro atoms. The fraction of sp³-hybridized carbons (Fsp3) is 0.120. The number of benzene rings is 3. The molecule has 0 radical (unpaired) electrons. The van der Waals surface area contributed by atoms with Crippen molar-refractivity contribution < 1.29 is 4.79 Å². The minimum Gasteiger partial charge on any atom is -0.295 e. The van der Waals surface area contributed by atoms with Crippen LogP contribution in [0.25, 0.3) is 11.3 Å². The summed E-state index contributed by atoms with van der Waals surface area (Å²) < 4.78 is 0. The summed E-state index contributed by atoms with van der Waals surface area (Å²) in [5.74, 6) is -0.0937. The third-order valence-electron chi connectivity index (χ3n) is 5.59. The second kappa shape index (κ2) is 7.15. The first kappa shape index (κ1) is 18.6. The third kappa shape index (κ3) is 3.01. The van der Waals surface area contributed by atoms with Crippen molar-refractivity contribution in [3.05, 3.63) is 106 Å². The Labute approximate surface area is 180 Å². The van der Waals surface area contributed by atoms with E-state index in [2.05, 4.69) is 60.4 Å². The molecule has 4 nitrogen and oxygen atoms in total. The highest BCUT2D eigenvalue weighted by molar-refractivity contribution is 6.30. The first-order valence-electron chi connectivity index (χ1n) is 9.84. The fourth-order valence-electron chi connectivity index (χ4n) is 4.01. The Morgan fingerprint density at radius 3 is 2.10 bits per heavy atom. The molecule has 1 atom stereocenters. The van der Waals surface area contributed by atoms with Gasteiger partial charge in [0.2, 0.25) is 0 Å². The second-order valence-electron chi connectivity index (χ2n) is 7.69. The van der Waals surface area contributed by atoms with Gasteiger partial charge in [-0.25, -0.2) is 0 Å². The van der Waals surface area contributed by atoms with Crippen LogP contribution in [0, 0.1) is 13.8 Å². The number of carbonyl (C=O) groups is 1. The largest absolute Gasteiger partial charge is 0.295 e. The number of H-pyrrole nitrogens is 1. The summed E-state index contributed by atoms with van der Waals surface area (Å²) >= 11 is 6.09. The Morgan fingerprint density at radius 2 is 1.47 bits per heavy atom. The van der Waals surface area contributed by atoms with Gasteiger partial charge in [-0.3, -0.25) is 14.8 Å². The molecule has 0 bridgehead atoms. The van der Waals surface area contributed by atoms with Crippen molar-refractivity contribution >= 4 is 23.2 Å². The summed E-state index contributed by atoms with van der Waals surface area (Å²) in [6, 6.07) is 23.6. The number of aromatic amines is 1. The average molecular weight is 414 g/mol. The minimum atomic E-state index is -0.274. The van der Waals surface area contributed by atoms with Gasteiger partial charge >= 0.3 is 0 Å². The standard InChI is InChI=1S/C25H20ClN3O/c1-15-3-7-17(8-4-15)22-21-23(28-27-22)25(30)29(20-13-11-19(26)12-14-20)24(21)18-9-5-16(2)6-10-18/h3-14,24H,1-2H3,(H,27,28)/t24-/m1/s1. The monoisotopic (exact) mass is 413 g/mol. The van der Waals surface area contributed by atoms with Gasteiger partial charge in [-0.1, -0.05) is 71.3 Å². The molecule has 1 aliphatic heterocycles. The summed E-state index contributed by atoms with van der Waals surface area (Å²) in [5, 5.41) is 8.17. The number of amides is 1. The number of carbonyl (C=O) groups excluding carboxylic acids is 1. The number of nitrogens with one attached hydrogen (secondary N) is 1. The molecule has 5 rings (SSSR count). The van der Waals surface area contributed by atoms with Crippen LogP contribution in [0.1, 0.15) is 38.8 Å². The van der Waals surface area contributed by atoms with Gasteiger partial charge in [-0.15, -0.1) is 0 Å². The van der Waals surface area contributed by atoms with Gasteiger partial charge in [0.1, 0.15) is 5.69 Å². The van der Waals surface area contributed by atoms with E-state index in [9.17, 15) is 4.79 Å². The number of anilines is 1. The third-order valence-corrected chi connectivity index (χ3v) is 5.84. The van der Waals surface area contributed by atoms with Crippen LogP contribution in [0.5, 0.6) is 0 Å². The number of nitrogens with zero attached hydrogens (tertiary/aromatic N) is 2. The van der Waals surface area contributed by atoms with Crippen LogP contribution in [0.3, 0.4) is 0 Å². The number of hydrogen-bond donors (Lipinski definition) is 1. The molecule has 1 aromatic heterocycles. The van der Waals surface area contributed by atoms with Crippen molar-refractivity contribution in [3.63, 3.8) is 0 Å². The van der Waals surface area contributed by atoms with Gasteiger partial charge in [-0.05, 0) is 43.7 Å². The zero-order valence-electron chi connectivity index (χ0n) is 16.7. The molecule has 2 heterocycles. The smallest absolute Gasteiger partial charge is 0.277 e. The normalized spacial score (nSPS) is 15.5. The van der Waals surface area contributed by atoms with Crippen molar-refractivity contribution in [1.29, 1.82) is 0 Å². The van der Waals surface area contributed by atoms with Crippen molar-refractivity contribution in [1.82, 2.24) is 10.2 Å². The molecule has 0 saturated heterocycles. The Hall–Kier alpha value is -3.37. The highest BCUT2D eigenvalue weighted by atomic mass is 35.5. The Kier molecular flexibility index (Phi) is 4.44. The maximum Gasteiger partial charge on any atom is 0.277 e. The predicted octanol–water partition coefficient (Wildman–Crippen LogP) is 6.10. The summed E-state index contributed by atoms with van der Waals surface area (Å²) in [6.07, 6.45) is 0. The Morgan fingerprint density at radius 1 is 0.867 bits per heavy atom. The first-order chi connectivity index (χ1) is 14.5. The number of hydrogen-bond acceptors (Lipinski definition) is 2. The van der Waals surface area contributed by atoms with Crippen molar-refractivity contribution in [2.24, 2.45) is 0 Å². The molecule has 0 aliphatic carbocycles. The van der Waals surface area contributed by atoms with E-state index in [1.54, 1.807) is 0 Å². The summed E-state index contributed by atoms with van der Waals surface area (Å²) in [7, 11) is 0. The lowest BCUT2D eigenvalue weighted by Crippen LogP contribution is -2.29. The fourth-order valence-corrected chi connectivity index (χ4v) is 4.14. The van der Waals surface area contributed by atoms with Gasteiger partial charge < -0.3 is 0 Å². The van der Waals surface area contributed by atoms with E-state index in [1.165, 1.54) is 11.1 Å². The molecule has 1 N–H and O–H groups in total. The predicted molar refractivity (Wildman–Crippen MR) is 120 cm³/mol. The molecule has 3 aromatic carbocycles. The van der Waals surface area contributed by atoms with Crippen molar-refractivity contribution in [2.75, 3.05) is 4.90 Å². The summed E-state index contributed by atoms with van der Waals surface area (Å²) in [5.41, 5.74) is 7.43. The number of rotatable bonds is 3. The molecule has 5 heteroatoms. The van der Waals surface area contributed by atoms with Gasteiger partial charge in [0.25, 0.3) is 5.91 Å². The highest BCUT2D eigenvalue weighted by Crippen LogP contribution is 2.45. The molecule has 30 heavy (non-hydrogen) atoms. The van der Waals surface area contributed by atoms with Gasteiger partial charge in [-0.2, -0.15) is 5.10 Å². The molecule has 0 saturated carbocycles. The van der Waals surface area contributed by atoms with E-state index in [0.717, 1.165) is 28.1 Å². The topological polar surface area (TPSA) is 49.0 Å². The number of aryl methyl sites for hydroxylation is 2. The van der Waals surface area contributed by atoms with E-state index in [1.807, 2.05) is 41.3 Å². The number of aromatic nitrogens is 2. The lowest BCUT2D eigenvalue weighted by molar-refractivity contribution is 0.0989. The summed E-state index contributed by atoms with van der Waals surface area (Å²) in [6.45, 7) is 4.11. The highest BCUT2D eigenvalue weighted by Gasteiger charge is 2.43. The SMILES string of the molecule is Cc1ccc(-c2n[nH]c3c2[C@@H](c2ccc(C)cc2)N(c2ccc(Cl)cc2)C3=O)cc1. The Balaban J connectivity index is 1.71. The van der Waals surface area contributed by atoms with E-state index in [0.29, 0.717) is 10.7 Å². The zero-order valence-corrected chi connectivity index (χ0v) is 17.4. The maximum absolute atomic E-state index is 13.5. The molecule has 148 valence electrons. The van der Waals surface area contributed by atoms with Crippen LogP contribution in [0.15, 0.2) is 72.8 Å². The molecule has 1 amide bonds. The molecule has 0 unspecified atom stereocenters. The molecular weight excluding hydrogens is 394 g/mol. The average Bonchev–Trinajstić information content (AvgIpc) is 3.29. The van der Waals surface area contributed by atoms with E-state index < -0.39 is 0 Å². The van der Waals surface area contributed by atoms with E-state index in [4.69, 9.17) is 11.6 Å². The lowest BCUT2D eigenvalue weighted by atomic mass is 9.95. The van der Waals surface area contributed by atoms with Crippen LogP contribution >= 0.6 is 11.6 Å². The molecule has 1 aliphatic rings. The lowest BCUT2D eigenvalue weighted by Gasteiger charge is -2.26. The first-order valence-corrected chi connectivity index (χ1v) is 10.2. The van der Waals surface area contributed by atoms with Gasteiger partial charge in [0.15, 0.2) is 0 Å². The summed E-state index contributed by atoms with van der Waals surface area (Å²) in [4.78, 5) is 15.3. The van der Waals surface area contributed by atoms with Crippen LogP contribution in [0.2, 0.25) is 5.02 Å². The zero-order chi connectivity index (χ0) is 20.8. The van der Waals surface area contributed by atoms with E-state index in [-0.39, 0.29) is 11.9 Å². The minimum absolute atomic E-state index is 0.0937. The van der Waals surface area contributed by atoms with Gasteiger partial charge in [0.05, 0.1) is 11.7 Å². The number of halogens is 1. The van der Waals surface area contributed by atoms with Crippen LogP contribution in [-0.4, -0.2) is 16.1 Å². The maximum atomic E-state index is 13.5. The second-order valence-corrected chi connectivity index (χ2v) is 8.13. The van der Waals surface area contributed by atoms with Crippen LogP contribution < -0.4 is 4.90 Å². The molecular formula is C25H20ClN3O. The molecule has 4 aromatic rings. The van der Waals surface area contributed by atoms with Crippen LogP contribution in [0.4, 0.5) is 5.69 Å². The Bertz CT molecular complexity index is 1230. The van der Waals surface area contributed by atoms with Gasteiger partial charge in [0, 0.05) is 21.8 Å². The molecule has 0 fully saturated rings. The van der Waals surface area contributed by atoms with Crippen molar-refractivity contribution in [2.45, 2.75) is 19.9 Å². The number of fused-ring (bicyclic) bond motifs is 1.